The van der Waals surface area contributed by atoms with Crippen molar-refractivity contribution in [3.05, 3.63) is 404 Å². The Bertz CT molecular complexity index is 5090. The number of hydrogen-bond acceptors (Lipinski definition) is 4. The van der Waals surface area contributed by atoms with Gasteiger partial charge in [0.15, 0.2) is 0 Å². The molecular formula is C94H72N2S2. The molecule has 0 spiro atoms. The van der Waals surface area contributed by atoms with Crippen molar-refractivity contribution >= 4 is 57.6 Å². The van der Waals surface area contributed by atoms with Crippen LogP contribution in [0.3, 0.4) is 0 Å². The standard InChI is InChI=1S/C94H72N2S2/c1-61-23-25-63(3)89(55-61)93(71-37-49-79(50-38-71)97-81-47-35-67-27-29-69(67)57-81)87-21-13-11-19-83(87)85-53-45-77(59-91(85)93)95(73-15-7-5-8-16-73)75-41-31-65(32-42-75)66-33-43-76(44-34-66)96(74-17-9-6-10-18-74)78-46-54-86-84-20-12-14-22-88(84)94(92(86)60-78,90-56-62(2)24-26-64(90)4)72-39-51-80(52-40-72)98-82-48-36-68-28-30-70(68)58-82/h5-26,31-60H,27-30H2,1-4H3. The third kappa shape index (κ3) is 9.93. The van der Waals surface area contributed by atoms with Crippen molar-refractivity contribution in [2.75, 3.05) is 9.80 Å². The molecule has 98 heavy (non-hydrogen) atoms. The molecule has 0 saturated heterocycles. The molecule has 2 unspecified atom stereocenters. The predicted octanol–water partition coefficient (Wildman–Crippen LogP) is 24.8. The number of anilines is 6. The molecule has 4 heteroatoms. The number of rotatable bonds is 15. The summed E-state index contributed by atoms with van der Waals surface area (Å²) in [6, 6.07) is 120. The molecule has 18 rings (SSSR count). The van der Waals surface area contributed by atoms with Gasteiger partial charge in [0.05, 0.1) is 10.8 Å². The van der Waals surface area contributed by atoms with Crippen molar-refractivity contribution < 1.29 is 0 Å². The maximum absolute atomic E-state index is 2.50. The van der Waals surface area contributed by atoms with Gasteiger partial charge in [-0.1, -0.05) is 229 Å². The van der Waals surface area contributed by atoms with Crippen LogP contribution in [-0.2, 0) is 36.5 Å². The Morgan fingerprint density at radius 1 is 0.245 bits per heavy atom. The van der Waals surface area contributed by atoms with Gasteiger partial charge < -0.3 is 9.80 Å². The fraction of sp³-hybridized carbons (Fsp3) is 0.106. The molecule has 470 valence electrons. The molecule has 0 aromatic heterocycles. The summed E-state index contributed by atoms with van der Waals surface area (Å²) in [6.07, 6.45) is 4.75. The van der Waals surface area contributed by atoms with Crippen LogP contribution in [0, 0.1) is 27.7 Å². The Morgan fingerprint density at radius 2 is 0.592 bits per heavy atom. The molecule has 4 aliphatic carbocycles. The Hall–Kier alpha value is -10.6. The van der Waals surface area contributed by atoms with Crippen LogP contribution in [0.1, 0.15) is 89.0 Å². The third-order valence-electron chi connectivity index (χ3n) is 21.5. The highest BCUT2D eigenvalue weighted by molar-refractivity contribution is 7.99. The minimum Gasteiger partial charge on any atom is -0.310 e. The molecule has 0 N–H and O–H groups in total. The van der Waals surface area contributed by atoms with Gasteiger partial charge >= 0.3 is 0 Å². The molecule has 2 atom stereocenters. The van der Waals surface area contributed by atoms with E-state index in [9.17, 15) is 0 Å². The van der Waals surface area contributed by atoms with Crippen molar-refractivity contribution in [3.8, 4) is 33.4 Å². The van der Waals surface area contributed by atoms with Crippen LogP contribution in [0.4, 0.5) is 34.1 Å². The summed E-state index contributed by atoms with van der Waals surface area (Å²) in [5, 5.41) is 0. The first kappa shape index (κ1) is 59.8. The smallest absolute Gasteiger partial charge is 0.0716 e. The van der Waals surface area contributed by atoms with Gasteiger partial charge in [-0.2, -0.15) is 0 Å². The lowest BCUT2D eigenvalue weighted by atomic mass is 9.66. The van der Waals surface area contributed by atoms with Crippen LogP contribution in [0.5, 0.6) is 0 Å². The Balaban J connectivity index is 0.707. The molecule has 0 saturated carbocycles. The number of benzene rings is 14. The van der Waals surface area contributed by atoms with E-state index in [0.717, 1.165) is 45.3 Å². The lowest BCUT2D eigenvalue weighted by molar-refractivity contribution is 0.758. The summed E-state index contributed by atoms with van der Waals surface area (Å²) in [7, 11) is 0. The minimum atomic E-state index is -0.585. The molecule has 0 amide bonds. The minimum absolute atomic E-state index is 0.585. The average Bonchev–Trinajstić information content (AvgIpc) is 1.52. The molecule has 2 nitrogen and oxygen atoms in total. The van der Waals surface area contributed by atoms with E-state index in [-0.39, 0.29) is 0 Å². The van der Waals surface area contributed by atoms with Gasteiger partial charge in [-0.3, -0.25) is 0 Å². The quantitative estimate of drug-likeness (QED) is 0.101. The van der Waals surface area contributed by atoms with Gasteiger partial charge in [0.25, 0.3) is 0 Å². The highest BCUT2D eigenvalue weighted by Crippen LogP contribution is 2.61. The van der Waals surface area contributed by atoms with Crippen molar-refractivity contribution in [2.45, 2.75) is 83.8 Å². The summed E-state index contributed by atoms with van der Waals surface area (Å²) in [6.45, 7) is 9.05. The highest BCUT2D eigenvalue weighted by Gasteiger charge is 2.49. The fourth-order valence-electron chi connectivity index (χ4n) is 16.5. The molecule has 0 bridgehead atoms. The zero-order chi connectivity index (χ0) is 65.6. The molecule has 4 aliphatic rings. The van der Waals surface area contributed by atoms with E-state index in [0.29, 0.717) is 0 Å². The summed E-state index contributed by atoms with van der Waals surface area (Å²) >= 11 is 3.72. The second kappa shape index (κ2) is 24.2. The number of para-hydroxylation sites is 2. The van der Waals surface area contributed by atoms with Crippen molar-refractivity contribution in [1.82, 2.24) is 0 Å². The van der Waals surface area contributed by atoms with Gasteiger partial charge in [0, 0.05) is 53.7 Å². The zero-order valence-corrected chi connectivity index (χ0v) is 57.2. The van der Waals surface area contributed by atoms with Gasteiger partial charge in [0.1, 0.15) is 0 Å². The first-order valence-corrected chi connectivity index (χ1v) is 36.1. The Kier molecular flexibility index (Phi) is 14.8. The first-order valence-electron chi connectivity index (χ1n) is 34.5. The zero-order valence-electron chi connectivity index (χ0n) is 55.6. The maximum atomic E-state index is 2.50. The predicted molar refractivity (Wildman–Crippen MR) is 411 cm³/mol. The van der Waals surface area contributed by atoms with E-state index < -0.39 is 10.8 Å². The molecule has 0 aliphatic heterocycles. The normalized spacial score (nSPS) is 15.8. The number of hydrogen-bond donors (Lipinski definition) is 0. The molecule has 0 heterocycles. The van der Waals surface area contributed by atoms with Gasteiger partial charge in [0.2, 0.25) is 0 Å². The van der Waals surface area contributed by atoms with Crippen molar-refractivity contribution in [2.24, 2.45) is 0 Å². The van der Waals surface area contributed by atoms with Crippen molar-refractivity contribution in [3.63, 3.8) is 0 Å². The molecule has 14 aromatic carbocycles. The molecule has 0 radical (unpaired) electrons. The molecule has 14 aromatic rings. The third-order valence-corrected chi connectivity index (χ3v) is 23.5. The summed E-state index contributed by atoms with van der Waals surface area (Å²) in [5.41, 5.74) is 34.2. The van der Waals surface area contributed by atoms with E-state index in [2.05, 4.69) is 353 Å². The second-order valence-electron chi connectivity index (χ2n) is 27.2. The second-order valence-corrected chi connectivity index (χ2v) is 29.5. The van der Waals surface area contributed by atoms with Crippen LogP contribution in [0.25, 0.3) is 33.4 Å². The average molecular weight is 1290 g/mol. The van der Waals surface area contributed by atoms with E-state index in [4.69, 9.17) is 0 Å². The SMILES string of the molecule is Cc1ccc(C)c(C2(c3ccc(Sc4ccc5c(c4)CC5)cc3)c3ccccc3-c3ccc(N(c4ccccc4)c4ccc(-c5ccc(N(c6ccccc6)c6ccc7c(c6)C(c6ccc(Sc8ccc9c(c8)CC9)cc6)(c6cc(C)ccc6C)c6ccccc6-7)cc5)cc4)cc32)c1. The molecular weight excluding hydrogens is 1220 g/mol. The van der Waals surface area contributed by atoms with Gasteiger partial charge in [-0.05, 0) is 286 Å². The van der Waals surface area contributed by atoms with Crippen LogP contribution >= 0.6 is 23.5 Å². The monoisotopic (exact) mass is 1290 g/mol. The van der Waals surface area contributed by atoms with Gasteiger partial charge in [-0.15, -0.1) is 0 Å². The summed E-state index contributed by atoms with van der Waals surface area (Å²) in [5.74, 6) is 0. The van der Waals surface area contributed by atoms with E-state index in [1.165, 1.54) is 157 Å². The van der Waals surface area contributed by atoms with Crippen LogP contribution in [0.15, 0.2) is 335 Å². The largest absolute Gasteiger partial charge is 0.310 e. The van der Waals surface area contributed by atoms with Gasteiger partial charge in [-0.25, -0.2) is 0 Å². The van der Waals surface area contributed by atoms with E-state index >= 15 is 0 Å². The number of fused-ring (bicyclic) bond motifs is 8. The molecule has 0 fully saturated rings. The van der Waals surface area contributed by atoms with Crippen LogP contribution in [0.2, 0.25) is 0 Å². The topological polar surface area (TPSA) is 6.48 Å². The Labute approximate surface area is 585 Å². The summed E-state index contributed by atoms with van der Waals surface area (Å²) < 4.78 is 0. The maximum Gasteiger partial charge on any atom is 0.0716 e. The fourth-order valence-corrected chi connectivity index (χ4v) is 18.3. The lowest BCUT2D eigenvalue weighted by Crippen LogP contribution is -2.30. The van der Waals surface area contributed by atoms with Crippen molar-refractivity contribution in [1.29, 1.82) is 0 Å². The van der Waals surface area contributed by atoms with Crippen LogP contribution in [-0.4, -0.2) is 0 Å². The van der Waals surface area contributed by atoms with Crippen LogP contribution < -0.4 is 9.80 Å². The van der Waals surface area contributed by atoms with E-state index in [1.54, 1.807) is 0 Å². The summed E-state index contributed by atoms with van der Waals surface area (Å²) in [4.78, 5) is 9.96. The Morgan fingerprint density at radius 3 is 0.980 bits per heavy atom. The number of aryl methyl sites for hydroxylation is 8. The lowest BCUT2D eigenvalue weighted by Gasteiger charge is -2.36. The highest BCUT2D eigenvalue weighted by atomic mass is 32.2. The number of nitrogens with zero attached hydrogens (tertiary/aromatic N) is 2. The first-order chi connectivity index (χ1) is 48.1. The van der Waals surface area contributed by atoms with E-state index in [1.807, 2.05) is 23.5 Å².